The summed E-state index contributed by atoms with van der Waals surface area (Å²) in [5.74, 6) is -0.209. The number of halogens is 2. The van der Waals surface area contributed by atoms with Gasteiger partial charge in [-0.3, -0.25) is 5.43 Å². The number of benzene rings is 2. The third kappa shape index (κ3) is 5.64. The van der Waals surface area contributed by atoms with Crippen molar-refractivity contribution in [2.45, 2.75) is 31.2 Å². The molecule has 182 valence electrons. The van der Waals surface area contributed by atoms with Crippen molar-refractivity contribution in [2.24, 2.45) is 10.8 Å². The molecule has 1 atom stereocenters. The van der Waals surface area contributed by atoms with Crippen LogP contribution in [0.2, 0.25) is 0 Å². The van der Waals surface area contributed by atoms with Crippen LogP contribution in [0.5, 0.6) is 0 Å². The normalized spacial score (nSPS) is 19.4. The second-order valence-corrected chi connectivity index (χ2v) is 9.70. The lowest BCUT2D eigenvalue weighted by atomic mass is 9.89. The third-order valence-electron chi connectivity index (χ3n) is 6.86. The van der Waals surface area contributed by atoms with Gasteiger partial charge >= 0.3 is 0 Å². The fraction of sp³-hybridized carbons (Fsp3) is 0.440. The minimum atomic E-state index is -0.284. The average Bonchev–Trinajstić information content (AvgIpc) is 3.30. The highest BCUT2D eigenvalue weighted by Crippen LogP contribution is 2.36. The molecule has 0 spiro atoms. The number of hydrogen-bond donors (Lipinski definition) is 2. The summed E-state index contributed by atoms with van der Waals surface area (Å²) in [5, 5.41) is 4.13. The number of thiocarbonyl (C=S) groups is 1. The number of nitrogens with two attached hydrogens (primary N) is 1. The first-order valence-electron chi connectivity index (χ1n) is 11.7. The molecule has 2 aliphatic rings. The van der Waals surface area contributed by atoms with Crippen LogP contribution in [-0.2, 0) is 0 Å². The van der Waals surface area contributed by atoms with Gasteiger partial charge in [0.05, 0.1) is 11.9 Å². The van der Waals surface area contributed by atoms with E-state index in [1.165, 1.54) is 12.1 Å². The van der Waals surface area contributed by atoms with E-state index in [1.54, 1.807) is 18.3 Å². The Morgan fingerprint density at radius 2 is 1.82 bits per heavy atom. The Labute approximate surface area is 205 Å². The average molecular weight is 487 g/mol. The SMILES string of the molecule is CN(C)C1CCN(c2cc(N3CCC(c4cccc(F)c4)CC3)c(F)cc2C=NNC(N)=S)C1. The Bertz CT molecular complexity index is 1050. The van der Waals surface area contributed by atoms with Gasteiger partial charge < -0.3 is 20.4 Å². The van der Waals surface area contributed by atoms with Gasteiger partial charge in [0.15, 0.2) is 5.11 Å². The van der Waals surface area contributed by atoms with Crippen molar-refractivity contribution < 1.29 is 8.78 Å². The minimum Gasteiger partial charge on any atom is -0.375 e. The third-order valence-corrected chi connectivity index (χ3v) is 6.96. The molecule has 0 aliphatic carbocycles. The van der Waals surface area contributed by atoms with Crippen LogP contribution in [0.4, 0.5) is 20.2 Å². The number of rotatable bonds is 6. The molecule has 3 N–H and O–H groups in total. The molecule has 0 amide bonds. The van der Waals surface area contributed by atoms with Crippen LogP contribution in [-0.4, -0.2) is 62.5 Å². The highest BCUT2D eigenvalue weighted by molar-refractivity contribution is 7.80. The van der Waals surface area contributed by atoms with Gasteiger partial charge in [-0.15, -0.1) is 0 Å². The molecule has 0 aromatic heterocycles. The molecular weight excluding hydrogens is 454 g/mol. The van der Waals surface area contributed by atoms with Gasteiger partial charge in [0.1, 0.15) is 11.6 Å². The Kier molecular flexibility index (Phi) is 7.63. The lowest BCUT2D eigenvalue weighted by molar-refractivity contribution is 0.315. The van der Waals surface area contributed by atoms with E-state index in [4.69, 9.17) is 18.0 Å². The largest absolute Gasteiger partial charge is 0.375 e. The number of nitrogens with zero attached hydrogens (tertiary/aromatic N) is 4. The van der Waals surface area contributed by atoms with Crippen molar-refractivity contribution in [3.63, 3.8) is 0 Å². The second kappa shape index (κ2) is 10.7. The summed E-state index contributed by atoms with van der Waals surface area (Å²) in [5.41, 5.74) is 11.3. The summed E-state index contributed by atoms with van der Waals surface area (Å²) in [6.45, 7) is 3.19. The molecule has 6 nitrogen and oxygen atoms in total. The first-order valence-corrected chi connectivity index (χ1v) is 12.1. The molecule has 2 fully saturated rings. The molecule has 0 saturated carbocycles. The Morgan fingerprint density at radius 3 is 2.47 bits per heavy atom. The molecule has 2 saturated heterocycles. The molecule has 34 heavy (non-hydrogen) atoms. The molecule has 1 unspecified atom stereocenters. The van der Waals surface area contributed by atoms with Crippen molar-refractivity contribution in [3.05, 3.63) is 59.2 Å². The molecular formula is C25H32F2N6S. The van der Waals surface area contributed by atoms with Crippen LogP contribution >= 0.6 is 12.2 Å². The molecule has 9 heteroatoms. The van der Waals surface area contributed by atoms with Gasteiger partial charge in [0.2, 0.25) is 0 Å². The maximum absolute atomic E-state index is 15.3. The van der Waals surface area contributed by atoms with E-state index in [2.05, 4.69) is 39.3 Å². The van der Waals surface area contributed by atoms with Crippen LogP contribution in [0, 0.1) is 11.6 Å². The van der Waals surface area contributed by atoms with Gasteiger partial charge in [-0.05, 0) is 81.3 Å². The predicted molar refractivity (Wildman–Crippen MR) is 139 cm³/mol. The quantitative estimate of drug-likeness (QED) is 0.369. The summed E-state index contributed by atoms with van der Waals surface area (Å²) >= 11 is 4.81. The molecule has 2 aromatic carbocycles. The van der Waals surface area contributed by atoms with Crippen LogP contribution in [0.15, 0.2) is 41.5 Å². The Morgan fingerprint density at radius 1 is 1.09 bits per heavy atom. The first-order chi connectivity index (χ1) is 16.3. The molecule has 2 aromatic rings. The van der Waals surface area contributed by atoms with Crippen molar-refractivity contribution in [2.75, 3.05) is 50.1 Å². The zero-order chi connectivity index (χ0) is 24.2. The predicted octanol–water partition coefficient (Wildman–Crippen LogP) is 3.66. The Balaban J connectivity index is 1.57. The lowest BCUT2D eigenvalue weighted by Crippen LogP contribution is -2.34. The molecule has 0 radical (unpaired) electrons. The van der Waals surface area contributed by atoms with Crippen LogP contribution < -0.4 is 21.0 Å². The fourth-order valence-corrected chi connectivity index (χ4v) is 5.00. The van der Waals surface area contributed by atoms with Crippen molar-refractivity contribution in [3.8, 4) is 0 Å². The number of anilines is 2. The first kappa shape index (κ1) is 24.3. The fourth-order valence-electron chi connectivity index (χ4n) is 4.95. The van der Waals surface area contributed by atoms with Crippen LogP contribution in [0.25, 0.3) is 0 Å². The van der Waals surface area contributed by atoms with E-state index in [0.717, 1.165) is 43.6 Å². The van der Waals surface area contributed by atoms with E-state index in [0.29, 0.717) is 30.4 Å². The van der Waals surface area contributed by atoms with Gasteiger partial charge in [-0.2, -0.15) is 5.10 Å². The summed E-state index contributed by atoms with van der Waals surface area (Å²) in [6.07, 6.45) is 4.32. The van der Waals surface area contributed by atoms with Crippen molar-refractivity contribution in [1.29, 1.82) is 0 Å². The number of piperidine rings is 1. The van der Waals surface area contributed by atoms with Gasteiger partial charge in [0, 0.05) is 43.5 Å². The Hall–Kier alpha value is -2.78. The van der Waals surface area contributed by atoms with Gasteiger partial charge in [-0.25, -0.2) is 8.78 Å². The maximum Gasteiger partial charge on any atom is 0.184 e. The van der Waals surface area contributed by atoms with E-state index in [1.807, 2.05) is 12.1 Å². The number of nitrogens with one attached hydrogen (secondary N) is 1. The molecule has 0 bridgehead atoms. The second-order valence-electron chi connectivity index (χ2n) is 9.27. The molecule has 4 rings (SSSR count). The van der Waals surface area contributed by atoms with E-state index < -0.39 is 0 Å². The maximum atomic E-state index is 15.3. The summed E-state index contributed by atoms with van der Waals surface area (Å²) < 4.78 is 29.0. The van der Waals surface area contributed by atoms with Gasteiger partial charge in [-0.1, -0.05) is 12.1 Å². The number of likely N-dealkylation sites (N-methyl/N-ethyl adjacent to an activating group) is 1. The van der Waals surface area contributed by atoms with Crippen LogP contribution in [0.1, 0.15) is 36.3 Å². The topological polar surface area (TPSA) is 60.1 Å². The minimum absolute atomic E-state index is 0.0601. The number of hydrazone groups is 1. The zero-order valence-corrected chi connectivity index (χ0v) is 20.5. The summed E-state index contributed by atoms with van der Waals surface area (Å²) in [6, 6.07) is 10.7. The lowest BCUT2D eigenvalue weighted by Gasteiger charge is -2.35. The smallest absolute Gasteiger partial charge is 0.184 e. The zero-order valence-electron chi connectivity index (χ0n) is 19.7. The van der Waals surface area contributed by atoms with Gasteiger partial charge in [0.25, 0.3) is 0 Å². The summed E-state index contributed by atoms with van der Waals surface area (Å²) in [4.78, 5) is 6.61. The van der Waals surface area contributed by atoms with E-state index in [9.17, 15) is 4.39 Å². The number of hydrogen-bond acceptors (Lipinski definition) is 5. The van der Waals surface area contributed by atoms with Crippen LogP contribution in [0.3, 0.4) is 0 Å². The van der Waals surface area contributed by atoms with E-state index >= 15 is 4.39 Å². The monoisotopic (exact) mass is 486 g/mol. The highest BCUT2D eigenvalue weighted by Gasteiger charge is 2.28. The van der Waals surface area contributed by atoms with Crippen molar-refractivity contribution >= 4 is 34.9 Å². The molecule has 2 heterocycles. The summed E-state index contributed by atoms with van der Waals surface area (Å²) in [7, 11) is 4.17. The standard InChI is InChI=1S/C25H32F2N6S/c1-31(2)21-8-11-33(16-21)23-14-24(22(27)13-19(23)15-29-30-25(28)34)32-9-6-17(7-10-32)18-4-3-5-20(26)12-18/h3-5,12-15,17,21H,6-11,16H2,1-2H3,(H3,28,30,34). The van der Waals surface area contributed by atoms with E-state index in [-0.39, 0.29) is 22.7 Å². The van der Waals surface area contributed by atoms with Crippen molar-refractivity contribution in [1.82, 2.24) is 10.3 Å². The molecule has 2 aliphatic heterocycles. The highest BCUT2D eigenvalue weighted by atomic mass is 32.1.